The van der Waals surface area contributed by atoms with E-state index in [1.165, 1.54) is 24.8 Å². The molecule has 1 N–H and O–H groups in total. The quantitative estimate of drug-likeness (QED) is 0.855. The molecule has 1 aromatic carbocycles. The van der Waals surface area contributed by atoms with Crippen molar-refractivity contribution in [2.75, 3.05) is 13.1 Å². The molecule has 1 aromatic rings. The molecule has 0 heterocycles. The second-order valence-corrected chi connectivity index (χ2v) is 6.10. The van der Waals surface area contributed by atoms with Crippen molar-refractivity contribution in [3.63, 3.8) is 0 Å². The lowest BCUT2D eigenvalue weighted by Gasteiger charge is -2.35. The van der Waals surface area contributed by atoms with Gasteiger partial charge in [0.2, 0.25) is 0 Å². The van der Waals surface area contributed by atoms with E-state index in [2.05, 4.69) is 25.2 Å². The summed E-state index contributed by atoms with van der Waals surface area (Å²) in [6, 6.07) is 5.68. The predicted octanol–water partition coefficient (Wildman–Crippen LogP) is 4.26. The Hall–Kier alpha value is -0.890. The van der Waals surface area contributed by atoms with E-state index in [0.29, 0.717) is 11.8 Å². The predicted molar refractivity (Wildman–Crippen MR) is 78.9 cm³/mol. The standard InChI is InChI=1S/C17H26FN/c1-4-19-11-15-6-5-12(2)9-16(15)14-7-8-17(18)13(3)10-14/h7-8,10,12,15-16,19H,4-6,9,11H2,1-3H3. The number of hydrogen-bond donors (Lipinski definition) is 1. The molecule has 0 amide bonds. The van der Waals surface area contributed by atoms with Gasteiger partial charge in [-0.2, -0.15) is 0 Å². The van der Waals surface area contributed by atoms with Crippen LogP contribution in [0.1, 0.15) is 50.2 Å². The smallest absolute Gasteiger partial charge is 0.126 e. The summed E-state index contributed by atoms with van der Waals surface area (Å²) in [5, 5.41) is 3.48. The number of benzene rings is 1. The van der Waals surface area contributed by atoms with Gasteiger partial charge in [0, 0.05) is 0 Å². The van der Waals surface area contributed by atoms with E-state index in [4.69, 9.17) is 0 Å². The first-order chi connectivity index (χ1) is 9.11. The lowest BCUT2D eigenvalue weighted by Crippen LogP contribution is -2.31. The molecule has 19 heavy (non-hydrogen) atoms. The molecule has 1 saturated carbocycles. The number of aryl methyl sites for hydroxylation is 1. The lowest BCUT2D eigenvalue weighted by molar-refractivity contribution is 0.242. The second-order valence-electron chi connectivity index (χ2n) is 6.10. The van der Waals surface area contributed by atoms with Crippen LogP contribution in [0.3, 0.4) is 0 Å². The first-order valence-electron chi connectivity index (χ1n) is 7.58. The van der Waals surface area contributed by atoms with E-state index in [1.54, 1.807) is 6.07 Å². The van der Waals surface area contributed by atoms with Gasteiger partial charge >= 0.3 is 0 Å². The third kappa shape index (κ3) is 3.56. The maximum Gasteiger partial charge on any atom is 0.126 e. The number of hydrogen-bond acceptors (Lipinski definition) is 1. The normalized spacial score (nSPS) is 27.5. The maximum atomic E-state index is 13.4. The topological polar surface area (TPSA) is 12.0 Å². The van der Waals surface area contributed by atoms with Crippen molar-refractivity contribution >= 4 is 0 Å². The fourth-order valence-electron chi connectivity index (χ4n) is 3.32. The Morgan fingerprint density at radius 2 is 2.11 bits per heavy atom. The zero-order valence-electron chi connectivity index (χ0n) is 12.4. The van der Waals surface area contributed by atoms with Gasteiger partial charge in [0.25, 0.3) is 0 Å². The average Bonchev–Trinajstić information content (AvgIpc) is 2.40. The fourth-order valence-corrected chi connectivity index (χ4v) is 3.32. The highest BCUT2D eigenvalue weighted by Gasteiger charge is 2.29. The van der Waals surface area contributed by atoms with Crippen molar-refractivity contribution < 1.29 is 4.39 Å². The van der Waals surface area contributed by atoms with Gasteiger partial charge in [-0.05, 0) is 67.8 Å². The van der Waals surface area contributed by atoms with Crippen molar-refractivity contribution in [1.82, 2.24) is 5.32 Å². The highest BCUT2D eigenvalue weighted by Crippen LogP contribution is 2.40. The Balaban J connectivity index is 2.18. The Kier molecular flexibility index (Phi) is 4.98. The van der Waals surface area contributed by atoms with Gasteiger partial charge in [-0.25, -0.2) is 4.39 Å². The van der Waals surface area contributed by atoms with Crippen LogP contribution < -0.4 is 5.32 Å². The number of rotatable bonds is 4. The van der Waals surface area contributed by atoms with E-state index in [0.717, 1.165) is 24.6 Å². The van der Waals surface area contributed by atoms with Crippen molar-refractivity contribution in [2.45, 2.75) is 46.0 Å². The molecule has 1 fully saturated rings. The minimum absolute atomic E-state index is 0.0872. The first kappa shape index (κ1) is 14.5. The van der Waals surface area contributed by atoms with Gasteiger partial charge in [0.05, 0.1) is 0 Å². The van der Waals surface area contributed by atoms with Crippen LogP contribution >= 0.6 is 0 Å². The highest BCUT2D eigenvalue weighted by atomic mass is 19.1. The highest BCUT2D eigenvalue weighted by molar-refractivity contribution is 5.28. The van der Waals surface area contributed by atoms with Gasteiger partial charge in [-0.1, -0.05) is 32.4 Å². The molecule has 0 bridgehead atoms. The van der Waals surface area contributed by atoms with Crippen LogP contribution in [0.25, 0.3) is 0 Å². The van der Waals surface area contributed by atoms with E-state index < -0.39 is 0 Å². The molecule has 1 aliphatic rings. The zero-order chi connectivity index (χ0) is 13.8. The van der Waals surface area contributed by atoms with E-state index in [1.807, 2.05) is 13.0 Å². The summed E-state index contributed by atoms with van der Waals surface area (Å²) in [6.07, 6.45) is 3.85. The Bertz CT molecular complexity index is 414. The van der Waals surface area contributed by atoms with E-state index in [-0.39, 0.29) is 5.82 Å². The lowest BCUT2D eigenvalue weighted by atomic mass is 9.71. The van der Waals surface area contributed by atoms with Crippen molar-refractivity contribution in [2.24, 2.45) is 11.8 Å². The first-order valence-corrected chi connectivity index (χ1v) is 7.58. The molecule has 0 radical (unpaired) electrons. The van der Waals surface area contributed by atoms with Crippen LogP contribution in [0.2, 0.25) is 0 Å². The molecule has 3 unspecified atom stereocenters. The van der Waals surface area contributed by atoms with Crippen LogP contribution in [0.4, 0.5) is 4.39 Å². The van der Waals surface area contributed by atoms with Gasteiger partial charge in [-0.15, -0.1) is 0 Å². The van der Waals surface area contributed by atoms with Crippen LogP contribution in [0.5, 0.6) is 0 Å². The van der Waals surface area contributed by atoms with Crippen LogP contribution in [0, 0.1) is 24.6 Å². The molecule has 1 aliphatic carbocycles. The molecule has 0 aromatic heterocycles. The van der Waals surface area contributed by atoms with Gasteiger partial charge < -0.3 is 5.32 Å². The second kappa shape index (κ2) is 6.51. The summed E-state index contributed by atoms with van der Waals surface area (Å²) in [5.41, 5.74) is 2.10. The minimum atomic E-state index is -0.0872. The van der Waals surface area contributed by atoms with Crippen molar-refractivity contribution in [3.05, 3.63) is 35.1 Å². The average molecular weight is 263 g/mol. The number of halogens is 1. The molecule has 2 heteroatoms. The zero-order valence-corrected chi connectivity index (χ0v) is 12.4. The molecule has 0 aliphatic heterocycles. The Morgan fingerprint density at radius 1 is 1.32 bits per heavy atom. The van der Waals surface area contributed by atoms with Crippen molar-refractivity contribution in [3.8, 4) is 0 Å². The summed E-state index contributed by atoms with van der Waals surface area (Å²) in [4.78, 5) is 0. The molecule has 0 saturated heterocycles. The van der Waals surface area contributed by atoms with Gasteiger partial charge in [0.1, 0.15) is 5.82 Å². The van der Waals surface area contributed by atoms with Crippen LogP contribution in [-0.4, -0.2) is 13.1 Å². The molecule has 0 spiro atoms. The van der Waals surface area contributed by atoms with E-state index >= 15 is 0 Å². The molecular formula is C17H26FN. The summed E-state index contributed by atoms with van der Waals surface area (Å²) in [7, 11) is 0. The third-order valence-corrected chi connectivity index (χ3v) is 4.52. The number of nitrogens with one attached hydrogen (secondary N) is 1. The third-order valence-electron chi connectivity index (χ3n) is 4.52. The molecule has 1 nitrogen and oxygen atoms in total. The van der Waals surface area contributed by atoms with Crippen molar-refractivity contribution in [1.29, 1.82) is 0 Å². The van der Waals surface area contributed by atoms with Gasteiger partial charge in [0.15, 0.2) is 0 Å². The molecule has 3 atom stereocenters. The monoisotopic (exact) mass is 263 g/mol. The van der Waals surface area contributed by atoms with Gasteiger partial charge in [-0.3, -0.25) is 0 Å². The van der Waals surface area contributed by atoms with Crippen LogP contribution in [0.15, 0.2) is 18.2 Å². The molecule has 2 rings (SSSR count). The summed E-state index contributed by atoms with van der Waals surface area (Å²) in [5.74, 6) is 1.98. The summed E-state index contributed by atoms with van der Waals surface area (Å²) < 4.78 is 13.4. The summed E-state index contributed by atoms with van der Waals surface area (Å²) >= 11 is 0. The SMILES string of the molecule is CCNCC1CCC(C)CC1c1ccc(F)c(C)c1. The van der Waals surface area contributed by atoms with Crippen LogP contribution in [-0.2, 0) is 0 Å². The largest absolute Gasteiger partial charge is 0.317 e. The summed E-state index contributed by atoms with van der Waals surface area (Å²) in [6.45, 7) is 8.48. The fraction of sp³-hybridized carbons (Fsp3) is 0.647. The Labute approximate surface area is 116 Å². The molecular weight excluding hydrogens is 237 g/mol. The Morgan fingerprint density at radius 3 is 2.79 bits per heavy atom. The van der Waals surface area contributed by atoms with E-state index in [9.17, 15) is 4.39 Å². The maximum absolute atomic E-state index is 13.4. The molecule has 106 valence electrons. The minimum Gasteiger partial charge on any atom is -0.317 e.